The van der Waals surface area contributed by atoms with Crippen LogP contribution in [0.2, 0.25) is 5.02 Å². The lowest BCUT2D eigenvalue weighted by Crippen LogP contribution is -2.41. The number of rotatable bonds is 8. The smallest absolute Gasteiger partial charge is 0.288 e. The lowest BCUT2D eigenvalue weighted by molar-refractivity contribution is -0.384. The van der Waals surface area contributed by atoms with Gasteiger partial charge in [0.25, 0.3) is 11.6 Å². The molecule has 0 aliphatic rings. The average Bonchev–Trinajstić information content (AvgIpc) is 2.72. The number of nitrogens with one attached hydrogen (secondary N) is 3. The lowest BCUT2D eigenvalue weighted by atomic mass is 10.2. The van der Waals surface area contributed by atoms with Crippen LogP contribution >= 0.6 is 11.6 Å². The van der Waals surface area contributed by atoms with E-state index in [1.807, 2.05) is 6.92 Å². The van der Waals surface area contributed by atoms with Crippen molar-refractivity contribution in [2.24, 2.45) is 0 Å². The molecule has 2 rings (SSSR count). The fraction of sp³-hybridized carbons (Fsp3) is 0.211. The van der Waals surface area contributed by atoms with Crippen LogP contribution in [0.25, 0.3) is 0 Å². The highest BCUT2D eigenvalue weighted by Gasteiger charge is 2.17. The van der Waals surface area contributed by atoms with Crippen LogP contribution in [0.3, 0.4) is 0 Å². The monoisotopic (exact) mass is 434 g/mol. The molecule has 0 heterocycles. The zero-order chi connectivity index (χ0) is 22.1. The largest absolute Gasteiger partial charge is 0.494 e. The van der Waals surface area contributed by atoms with Crippen molar-refractivity contribution in [2.75, 3.05) is 11.9 Å². The molecule has 0 atom stereocenters. The van der Waals surface area contributed by atoms with E-state index in [9.17, 15) is 24.5 Å². The second-order valence-electron chi connectivity index (χ2n) is 5.93. The highest BCUT2D eigenvalue weighted by atomic mass is 35.5. The molecule has 30 heavy (non-hydrogen) atoms. The number of ether oxygens (including phenoxy) is 1. The van der Waals surface area contributed by atoms with E-state index >= 15 is 0 Å². The lowest BCUT2D eigenvalue weighted by Gasteiger charge is -2.09. The van der Waals surface area contributed by atoms with Crippen LogP contribution in [0.15, 0.2) is 42.5 Å². The number of amides is 3. The van der Waals surface area contributed by atoms with Gasteiger partial charge in [-0.2, -0.15) is 0 Å². The summed E-state index contributed by atoms with van der Waals surface area (Å²) in [6, 6.07) is 10.3. The fourth-order valence-electron chi connectivity index (χ4n) is 2.31. The van der Waals surface area contributed by atoms with Crippen LogP contribution in [0.1, 0.15) is 30.1 Å². The third-order valence-electron chi connectivity index (χ3n) is 3.75. The Morgan fingerprint density at radius 3 is 2.33 bits per heavy atom. The number of nitro groups is 1. The Morgan fingerprint density at radius 2 is 1.70 bits per heavy atom. The minimum atomic E-state index is -0.762. The first-order valence-electron chi connectivity index (χ1n) is 8.86. The molecule has 0 bridgehead atoms. The molecule has 2 aromatic carbocycles. The van der Waals surface area contributed by atoms with Crippen LogP contribution in [0, 0.1) is 10.1 Å². The number of nitrogens with zero attached hydrogens (tertiary/aromatic N) is 1. The average molecular weight is 435 g/mol. The first-order valence-corrected chi connectivity index (χ1v) is 9.23. The number of halogens is 1. The van der Waals surface area contributed by atoms with Crippen molar-refractivity contribution in [3.05, 3.63) is 63.2 Å². The van der Waals surface area contributed by atoms with Crippen LogP contribution in [-0.2, 0) is 9.59 Å². The van der Waals surface area contributed by atoms with Gasteiger partial charge >= 0.3 is 0 Å². The molecular weight excluding hydrogens is 416 g/mol. The van der Waals surface area contributed by atoms with Crippen molar-refractivity contribution in [1.82, 2.24) is 10.9 Å². The molecule has 11 heteroatoms. The minimum absolute atomic E-state index is 0.0559. The second kappa shape index (κ2) is 10.8. The summed E-state index contributed by atoms with van der Waals surface area (Å²) in [6.07, 6.45) is -0.286. The van der Waals surface area contributed by atoms with E-state index in [1.165, 1.54) is 12.1 Å². The van der Waals surface area contributed by atoms with Gasteiger partial charge < -0.3 is 10.1 Å². The van der Waals surface area contributed by atoms with Gasteiger partial charge in [0.15, 0.2) is 0 Å². The van der Waals surface area contributed by atoms with Crippen molar-refractivity contribution in [2.45, 2.75) is 19.8 Å². The third-order valence-corrected chi connectivity index (χ3v) is 4.07. The van der Waals surface area contributed by atoms with Gasteiger partial charge in [-0.05, 0) is 43.3 Å². The Bertz CT molecular complexity index is 949. The van der Waals surface area contributed by atoms with Gasteiger partial charge in [-0.15, -0.1) is 0 Å². The van der Waals surface area contributed by atoms with E-state index in [-0.39, 0.29) is 29.3 Å². The Hall–Kier alpha value is -3.66. The SMILES string of the molecule is CCOc1ccc(NC(=O)CCC(=O)NNC(=O)c2ccc(Cl)c([N+](=O)[O-])c2)cc1. The molecule has 3 amide bonds. The topological polar surface area (TPSA) is 140 Å². The maximum atomic E-state index is 12.0. The molecule has 0 aliphatic heterocycles. The fourth-order valence-corrected chi connectivity index (χ4v) is 2.49. The van der Waals surface area contributed by atoms with Crippen LogP contribution in [-0.4, -0.2) is 29.3 Å². The Kier molecular flexibility index (Phi) is 8.12. The van der Waals surface area contributed by atoms with E-state index in [1.54, 1.807) is 24.3 Å². The van der Waals surface area contributed by atoms with Gasteiger partial charge in [0.05, 0.1) is 11.5 Å². The van der Waals surface area contributed by atoms with Gasteiger partial charge in [-0.1, -0.05) is 11.6 Å². The van der Waals surface area contributed by atoms with Gasteiger partial charge in [0.1, 0.15) is 10.8 Å². The summed E-state index contributed by atoms with van der Waals surface area (Å²) in [6.45, 7) is 2.40. The van der Waals surface area contributed by atoms with E-state index in [4.69, 9.17) is 16.3 Å². The summed E-state index contributed by atoms with van der Waals surface area (Å²) >= 11 is 5.69. The number of hydrogen-bond donors (Lipinski definition) is 3. The highest BCUT2D eigenvalue weighted by Crippen LogP contribution is 2.24. The van der Waals surface area contributed by atoms with Gasteiger partial charge in [0, 0.05) is 30.2 Å². The molecule has 10 nitrogen and oxygen atoms in total. The summed E-state index contributed by atoms with van der Waals surface area (Å²) < 4.78 is 5.31. The van der Waals surface area contributed by atoms with Crippen molar-refractivity contribution >= 4 is 40.7 Å². The molecule has 0 saturated heterocycles. The molecule has 0 saturated carbocycles. The summed E-state index contributed by atoms with van der Waals surface area (Å²) in [5.41, 5.74) is 4.35. The van der Waals surface area contributed by atoms with Crippen molar-refractivity contribution < 1.29 is 24.0 Å². The number of carbonyl (C=O) groups excluding carboxylic acids is 3. The van der Waals surface area contributed by atoms with Crippen LogP contribution in [0.4, 0.5) is 11.4 Å². The Balaban J connectivity index is 1.77. The van der Waals surface area contributed by atoms with Crippen molar-refractivity contribution in [1.29, 1.82) is 0 Å². The summed E-state index contributed by atoms with van der Waals surface area (Å²) in [7, 11) is 0. The molecule has 0 aliphatic carbocycles. The van der Waals surface area contributed by atoms with Gasteiger partial charge in [0.2, 0.25) is 11.8 Å². The number of carbonyl (C=O) groups is 3. The predicted octanol–water partition coefficient (Wildman–Crippen LogP) is 2.83. The van der Waals surface area contributed by atoms with Gasteiger partial charge in [-0.3, -0.25) is 35.3 Å². The first kappa shape index (κ1) is 22.6. The summed E-state index contributed by atoms with van der Waals surface area (Å²) in [5, 5.41) is 13.4. The summed E-state index contributed by atoms with van der Waals surface area (Å²) in [5.74, 6) is -1.07. The number of nitro benzene ring substituents is 1. The number of anilines is 1. The quantitative estimate of drug-likeness (QED) is 0.431. The van der Waals surface area contributed by atoms with Crippen LogP contribution < -0.4 is 20.9 Å². The number of hydrogen-bond acceptors (Lipinski definition) is 6. The molecule has 2 aromatic rings. The molecular formula is C19H19ClN4O6. The van der Waals surface area contributed by atoms with Crippen molar-refractivity contribution in [3.8, 4) is 5.75 Å². The first-order chi connectivity index (χ1) is 14.3. The third kappa shape index (κ3) is 6.74. The van der Waals surface area contributed by atoms with Gasteiger partial charge in [-0.25, -0.2) is 0 Å². The van der Waals surface area contributed by atoms with Crippen molar-refractivity contribution in [3.63, 3.8) is 0 Å². The normalized spacial score (nSPS) is 10.1. The van der Waals surface area contributed by atoms with E-state index in [0.717, 1.165) is 6.07 Å². The maximum absolute atomic E-state index is 12.0. The zero-order valence-corrected chi connectivity index (χ0v) is 16.7. The Labute approximate surface area is 176 Å². The molecule has 158 valence electrons. The van der Waals surface area contributed by atoms with E-state index in [0.29, 0.717) is 18.0 Å². The predicted molar refractivity (Wildman–Crippen MR) is 109 cm³/mol. The van der Waals surface area contributed by atoms with E-state index < -0.39 is 22.4 Å². The van der Waals surface area contributed by atoms with E-state index in [2.05, 4.69) is 16.2 Å². The number of benzene rings is 2. The molecule has 0 aromatic heterocycles. The molecule has 3 N–H and O–H groups in total. The summed E-state index contributed by atoms with van der Waals surface area (Å²) in [4.78, 5) is 45.9. The molecule has 0 radical (unpaired) electrons. The maximum Gasteiger partial charge on any atom is 0.288 e. The minimum Gasteiger partial charge on any atom is -0.494 e. The standard InChI is InChI=1S/C19H19ClN4O6/c1-2-30-14-6-4-13(5-7-14)21-17(25)9-10-18(26)22-23-19(27)12-3-8-15(20)16(11-12)24(28)29/h3-8,11H,2,9-10H2,1H3,(H,21,25)(H,22,26)(H,23,27). The number of hydrazine groups is 1. The Morgan fingerprint density at radius 1 is 1.03 bits per heavy atom. The molecule has 0 fully saturated rings. The van der Waals surface area contributed by atoms with Crippen LogP contribution in [0.5, 0.6) is 5.75 Å². The molecule has 0 spiro atoms. The molecule has 0 unspecified atom stereocenters. The zero-order valence-electron chi connectivity index (χ0n) is 15.9. The highest BCUT2D eigenvalue weighted by molar-refractivity contribution is 6.32. The second-order valence-corrected chi connectivity index (χ2v) is 6.34.